The maximum absolute atomic E-state index is 12.5. The second kappa shape index (κ2) is 7.61. The van der Waals surface area contributed by atoms with Gasteiger partial charge in [-0.05, 0) is 30.3 Å². The van der Waals surface area contributed by atoms with Crippen LogP contribution in [0.2, 0.25) is 0 Å². The number of nitrogens with one attached hydrogen (secondary N) is 2. The summed E-state index contributed by atoms with van der Waals surface area (Å²) in [5.74, 6) is 0.320. The lowest BCUT2D eigenvalue weighted by molar-refractivity contribution is 0.0948. The van der Waals surface area contributed by atoms with Crippen molar-refractivity contribution < 1.29 is 9.53 Å². The van der Waals surface area contributed by atoms with Crippen LogP contribution in [-0.4, -0.2) is 44.1 Å². The van der Waals surface area contributed by atoms with Crippen molar-refractivity contribution in [1.29, 1.82) is 0 Å². The minimum atomic E-state index is -0.583. The molecule has 3 aromatic heterocycles. The van der Waals surface area contributed by atoms with Crippen molar-refractivity contribution in [2.24, 2.45) is 0 Å². The average molecular weight is 396 g/mol. The van der Waals surface area contributed by atoms with Crippen LogP contribution in [0.5, 0.6) is 5.75 Å². The number of hydrogen-bond acceptors (Lipinski definition) is 7. The lowest BCUT2D eigenvalue weighted by Gasteiger charge is -2.07. The van der Waals surface area contributed by atoms with Gasteiger partial charge < -0.3 is 15.0 Å². The van der Waals surface area contributed by atoms with Gasteiger partial charge in [0.2, 0.25) is 4.96 Å². The highest BCUT2D eigenvalue weighted by Gasteiger charge is 2.12. The Morgan fingerprint density at radius 3 is 2.93 bits per heavy atom. The second-order valence-electron chi connectivity index (χ2n) is 5.90. The fraction of sp³-hybridized carbons (Fsp3) is 0.167. The van der Waals surface area contributed by atoms with Crippen LogP contribution in [0.4, 0.5) is 0 Å². The molecule has 1 aromatic carbocycles. The molecule has 142 valence electrons. The van der Waals surface area contributed by atoms with Gasteiger partial charge in [0.05, 0.1) is 18.5 Å². The summed E-state index contributed by atoms with van der Waals surface area (Å²) in [6, 6.07) is 8.65. The molecule has 0 saturated heterocycles. The molecule has 4 rings (SSSR count). The van der Waals surface area contributed by atoms with Crippen molar-refractivity contribution in [2.45, 2.75) is 6.42 Å². The second-order valence-corrected chi connectivity index (χ2v) is 6.74. The van der Waals surface area contributed by atoms with Gasteiger partial charge in [0.15, 0.2) is 0 Å². The highest BCUT2D eigenvalue weighted by molar-refractivity contribution is 7.15. The van der Waals surface area contributed by atoms with E-state index in [1.54, 1.807) is 42.0 Å². The van der Waals surface area contributed by atoms with Gasteiger partial charge in [-0.15, -0.1) is 11.3 Å². The van der Waals surface area contributed by atoms with E-state index in [4.69, 9.17) is 4.74 Å². The Morgan fingerprint density at radius 2 is 2.14 bits per heavy atom. The molecule has 3 heterocycles. The number of carbonyl (C=O) groups is 1. The molecule has 10 heteroatoms. The summed E-state index contributed by atoms with van der Waals surface area (Å²) in [6.07, 6.45) is 2.09. The van der Waals surface area contributed by atoms with Crippen LogP contribution in [0.25, 0.3) is 16.2 Å². The minimum absolute atomic E-state index is 0.155. The number of benzene rings is 1. The molecular formula is C18H16N6O3S. The molecule has 0 radical (unpaired) electrons. The first-order valence-electron chi connectivity index (χ1n) is 8.44. The van der Waals surface area contributed by atoms with E-state index in [0.29, 0.717) is 30.0 Å². The number of rotatable bonds is 6. The quantitative estimate of drug-likeness (QED) is 0.511. The zero-order valence-electron chi connectivity index (χ0n) is 14.9. The van der Waals surface area contributed by atoms with Crippen LogP contribution in [-0.2, 0) is 6.42 Å². The van der Waals surface area contributed by atoms with Gasteiger partial charge in [0.1, 0.15) is 17.8 Å². The number of aromatic nitrogens is 5. The van der Waals surface area contributed by atoms with E-state index in [1.807, 2.05) is 5.38 Å². The van der Waals surface area contributed by atoms with Crippen molar-refractivity contribution in [1.82, 2.24) is 29.9 Å². The molecule has 0 aliphatic carbocycles. The van der Waals surface area contributed by atoms with Gasteiger partial charge in [0.25, 0.3) is 5.91 Å². The highest BCUT2D eigenvalue weighted by Crippen LogP contribution is 2.20. The maximum Gasteiger partial charge on any atom is 0.346 e. The van der Waals surface area contributed by atoms with E-state index < -0.39 is 5.69 Å². The van der Waals surface area contributed by atoms with E-state index >= 15 is 0 Å². The van der Waals surface area contributed by atoms with Crippen molar-refractivity contribution >= 4 is 22.2 Å². The Labute approximate surface area is 163 Å². The largest absolute Gasteiger partial charge is 0.497 e. The minimum Gasteiger partial charge on any atom is -0.497 e. The van der Waals surface area contributed by atoms with Gasteiger partial charge >= 0.3 is 5.69 Å². The predicted octanol–water partition coefficient (Wildman–Crippen LogP) is 1.52. The number of aromatic amines is 1. The fourth-order valence-corrected chi connectivity index (χ4v) is 3.56. The average Bonchev–Trinajstić information content (AvgIpc) is 3.32. The lowest BCUT2D eigenvalue weighted by atomic mass is 10.1. The summed E-state index contributed by atoms with van der Waals surface area (Å²) in [6.45, 7) is 0.396. The number of hydrogen-bond donors (Lipinski definition) is 2. The van der Waals surface area contributed by atoms with Crippen molar-refractivity contribution in [2.75, 3.05) is 13.7 Å². The number of methoxy groups -OCH3 is 1. The number of nitrogens with zero attached hydrogens (tertiary/aromatic N) is 4. The Hall–Kier alpha value is -3.53. The van der Waals surface area contributed by atoms with Crippen LogP contribution in [0.3, 0.4) is 0 Å². The molecular weight excluding hydrogens is 380 g/mol. The summed E-state index contributed by atoms with van der Waals surface area (Å²) in [4.78, 5) is 35.7. The summed E-state index contributed by atoms with van der Waals surface area (Å²) < 4.78 is 6.87. The molecule has 0 aliphatic rings. The van der Waals surface area contributed by atoms with Crippen LogP contribution < -0.4 is 15.7 Å². The van der Waals surface area contributed by atoms with E-state index in [9.17, 15) is 9.59 Å². The smallest absolute Gasteiger partial charge is 0.346 e. The Balaban J connectivity index is 1.47. The van der Waals surface area contributed by atoms with E-state index in [1.165, 1.54) is 17.7 Å². The molecule has 2 N–H and O–H groups in total. The molecule has 0 bridgehead atoms. The summed E-state index contributed by atoms with van der Waals surface area (Å²) in [5.41, 5.74) is 1.66. The van der Waals surface area contributed by atoms with Crippen LogP contribution in [0.1, 0.15) is 16.2 Å². The molecule has 0 aliphatic heterocycles. The molecule has 1 amide bonds. The van der Waals surface area contributed by atoms with Gasteiger partial charge in [-0.3, -0.25) is 4.79 Å². The van der Waals surface area contributed by atoms with Crippen molar-refractivity contribution in [3.05, 3.63) is 63.9 Å². The van der Waals surface area contributed by atoms with Gasteiger partial charge in [-0.1, -0.05) is 0 Å². The van der Waals surface area contributed by atoms with E-state index in [0.717, 1.165) is 10.7 Å². The van der Waals surface area contributed by atoms with Crippen molar-refractivity contribution in [3.8, 4) is 17.0 Å². The molecule has 0 fully saturated rings. The zero-order valence-corrected chi connectivity index (χ0v) is 15.7. The van der Waals surface area contributed by atoms with E-state index in [-0.39, 0.29) is 11.6 Å². The number of thiazole rings is 1. The molecule has 0 unspecified atom stereocenters. The molecule has 9 nitrogen and oxygen atoms in total. The number of amides is 1. The lowest BCUT2D eigenvalue weighted by Crippen LogP contribution is -2.29. The summed E-state index contributed by atoms with van der Waals surface area (Å²) >= 11 is 1.49. The normalized spacial score (nSPS) is 10.9. The third-order valence-electron chi connectivity index (χ3n) is 4.13. The first-order chi connectivity index (χ1) is 13.6. The molecule has 0 saturated carbocycles. The topological polar surface area (TPSA) is 114 Å². The number of fused-ring (bicyclic) bond motifs is 1. The monoisotopic (exact) mass is 396 g/mol. The number of ether oxygens (including phenoxy) is 1. The maximum atomic E-state index is 12.5. The molecule has 4 aromatic rings. The Kier molecular flexibility index (Phi) is 4.85. The van der Waals surface area contributed by atoms with Gasteiger partial charge in [0, 0.05) is 23.9 Å². The highest BCUT2D eigenvalue weighted by atomic mass is 32.1. The van der Waals surface area contributed by atoms with Crippen LogP contribution in [0.15, 0.2) is 46.8 Å². The number of carbonyl (C=O) groups excluding carboxylic acids is 1. The predicted molar refractivity (Wildman–Crippen MR) is 104 cm³/mol. The number of H-pyrrole nitrogens is 1. The van der Waals surface area contributed by atoms with E-state index in [2.05, 4.69) is 25.4 Å². The molecule has 0 atom stereocenters. The summed E-state index contributed by atoms with van der Waals surface area (Å²) in [7, 11) is 1.58. The SMILES string of the molecule is COc1ccc(-c2cc(C(=O)NCCc3csc4ncnn34)[nH]c(=O)n2)cc1. The zero-order chi connectivity index (χ0) is 19.5. The Bertz CT molecular complexity index is 1180. The molecule has 0 spiro atoms. The van der Waals surface area contributed by atoms with Crippen LogP contribution >= 0.6 is 11.3 Å². The van der Waals surface area contributed by atoms with Gasteiger partial charge in [-0.25, -0.2) is 14.3 Å². The Morgan fingerprint density at radius 1 is 1.32 bits per heavy atom. The summed E-state index contributed by atoms with van der Waals surface area (Å²) in [5, 5.41) is 8.90. The first kappa shape index (κ1) is 17.9. The van der Waals surface area contributed by atoms with Crippen LogP contribution in [0, 0.1) is 0 Å². The van der Waals surface area contributed by atoms with Crippen molar-refractivity contribution in [3.63, 3.8) is 0 Å². The molecule has 28 heavy (non-hydrogen) atoms. The third-order valence-corrected chi connectivity index (χ3v) is 5.01. The van der Waals surface area contributed by atoms with Gasteiger partial charge in [-0.2, -0.15) is 10.1 Å². The third kappa shape index (κ3) is 3.62. The fourth-order valence-electron chi connectivity index (χ4n) is 2.73. The standard InChI is InChI=1S/C18H16N6O3S/c1-27-13-4-2-11(3-5-13)14-8-15(23-17(26)22-14)16(25)19-7-6-12-9-28-18-20-10-21-24(12)18/h2-5,8-10H,6-7H2,1H3,(H,19,25)(H,22,23,26). The first-order valence-corrected chi connectivity index (χ1v) is 9.32.